The van der Waals surface area contributed by atoms with Crippen LogP contribution in [0.25, 0.3) is 0 Å². The third-order valence-electron chi connectivity index (χ3n) is 3.18. The number of hydrogen-bond donors (Lipinski definition) is 0. The van der Waals surface area contributed by atoms with Gasteiger partial charge in [-0.1, -0.05) is 35.3 Å². The lowest BCUT2D eigenvalue weighted by molar-refractivity contribution is -0.119. The van der Waals surface area contributed by atoms with E-state index in [9.17, 15) is 10.1 Å². The Labute approximate surface area is 144 Å². The number of halogens is 2. The quantitative estimate of drug-likeness (QED) is 0.694. The van der Waals surface area contributed by atoms with Crippen molar-refractivity contribution in [1.82, 2.24) is 4.98 Å². The third kappa shape index (κ3) is 4.69. The van der Waals surface area contributed by atoms with E-state index in [-0.39, 0.29) is 12.2 Å². The second kappa shape index (κ2) is 8.52. The van der Waals surface area contributed by atoms with Crippen LogP contribution in [-0.2, 0) is 4.79 Å². The van der Waals surface area contributed by atoms with Gasteiger partial charge in [0.05, 0.1) is 23.4 Å². The van der Waals surface area contributed by atoms with Gasteiger partial charge in [-0.2, -0.15) is 5.26 Å². The van der Waals surface area contributed by atoms with E-state index < -0.39 is 5.92 Å². The molecule has 4 nitrogen and oxygen atoms in total. The fraction of sp³-hybridized carbons (Fsp3) is 0.235. The van der Waals surface area contributed by atoms with Crippen LogP contribution in [0, 0.1) is 11.3 Å². The number of aromatic nitrogens is 1. The Kier molecular flexibility index (Phi) is 6.40. The Bertz CT molecular complexity index is 714. The van der Waals surface area contributed by atoms with Crippen molar-refractivity contribution >= 4 is 29.0 Å². The molecule has 0 spiro atoms. The molecule has 1 heterocycles. The molecule has 23 heavy (non-hydrogen) atoms. The van der Waals surface area contributed by atoms with Crippen LogP contribution in [0.2, 0.25) is 10.0 Å². The number of carbonyl (C=O) groups excluding carboxylic acids is 1. The van der Waals surface area contributed by atoms with E-state index in [2.05, 4.69) is 4.98 Å². The number of Topliss-reactive ketones (excluding diaryl/α,β-unsaturated/α-hetero) is 1. The van der Waals surface area contributed by atoms with E-state index in [0.717, 1.165) is 0 Å². The molecule has 2 rings (SSSR count). The van der Waals surface area contributed by atoms with Crippen LogP contribution in [0.1, 0.15) is 24.5 Å². The Balaban J connectivity index is 1.85. The van der Waals surface area contributed by atoms with Gasteiger partial charge in [0.1, 0.15) is 16.7 Å². The largest absolute Gasteiger partial charge is 0.492 e. The molecule has 1 aromatic heterocycles. The first-order valence-electron chi connectivity index (χ1n) is 7.03. The topological polar surface area (TPSA) is 63.0 Å². The van der Waals surface area contributed by atoms with Crippen LogP contribution in [0.4, 0.5) is 0 Å². The number of pyridine rings is 1. The molecule has 0 amide bonds. The zero-order valence-electron chi connectivity index (χ0n) is 12.2. The van der Waals surface area contributed by atoms with Crippen molar-refractivity contribution in [3.8, 4) is 11.8 Å². The molecule has 0 N–H and O–H groups in total. The van der Waals surface area contributed by atoms with Crippen molar-refractivity contribution in [3.63, 3.8) is 0 Å². The molecule has 0 aliphatic rings. The molecule has 1 unspecified atom stereocenters. The number of rotatable bonds is 7. The summed E-state index contributed by atoms with van der Waals surface area (Å²) in [5.74, 6) is -0.536. The first kappa shape index (κ1) is 17.3. The van der Waals surface area contributed by atoms with Crippen LogP contribution in [-0.4, -0.2) is 17.4 Å². The summed E-state index contributed by atoms with van der Waals surface area (Å²) in [5, 5.41) is 9.94. The van der Waals surface area contributed by atoms with Crippen molar-refractivity contribution in [1.29, 1.82) is 5.26 Å². The molecule has 0 saturated carbocycles. The van der Waals surface area contributed by atoms with Gasteiger partial charge in [0.2, 0.25) is 0 Å². The van der Waals surface area contributed by atoms with E-state index in [0.29, 0.717) is 34.5 Å². The maximum absolute atomic E-state index is 12.1. The van der Waals surface area contributed by atoms with E-state index in [4.69, 9.17) is 27.9 Å². The molecule has 118 valence electrons. The SMILES string of the molecule is N#CC(C(=O)CCCOc1cccc(Cl)c1Cl)c1ccccn1. The minimum Gasteiger partial charge on any atom is -0.492 e. The summed E-state index contributed by atoms with van der Waals surface area (Å²) in [5.41, 5.74) is 0.471. The van der Waals surface area contributed by atoms with E-state index in [1.807, 2.05) is 6.07 Å². The molecule has 0 aliphatic carbocycles. The maximum atomic E-state index is 12.1. The smallest absolute Gasteiger partial charge is 0.156 e. The third-order valence-corrected chi connectivity index (χ3v) is 3.98. The molecule has 1 aromatic carbocycles. The standard InChI is InChI=1S/C17H14Cl2N2O2/c18-13-5-3-8-16(17(13)19)23-10-4-7-15(22)12(11-20)14-6-1-2-9-21-14/h1-3,5-6,8-9,12H,4,7,10H2. The minimum absolute atomic E-state index is 0.174. The van der Waals surface area contributed by atoms with Crippen molar-refractivity contribution in [3.05, 3.63) is 58.3 Å². The molecule has 0 bridgehead atoms. The van der Waals surface area contributed by atoms with Gasteiger partial charge in [0.25, 0.3) is 0 Å². The second-order valence-electron chi connectivity index (χ2n) is 4.79. The lowest BCUT2D eigenvalue weighted by Crippen LogP contribution is -2.13. The van der Waals surface area contributed by atoms with Crippen molar-refractivity contribution in [2.24, 2.45) is 0 Å². The van der Waals surface area contributed by atoms with Gasteiger partial charge in [-0.05, 0) is 30.7 Å². The summed E-state index contributed by atoms with van der Waals surface area (Å²) in [6, 6.07) is 12.3. The van der Waals surface area contributed by atoms with Crippen LogP contribution in [0.15, 0.2) is 42.6 Å². The van der Waals surface area contributed by atoms with Crippen LogP contribution < -0.4 is 4.74 Å². The van der Waals surface area contributed by atoms with Gasteiger partial charge >= 0.3 is 0 Å². The van der Waals surface area contributed by atoms with Gasteiger partial charge < -0.3 is 4.74 Å². The van der Waals surface area contributed by atoms with E-state index >= 15 is 0 Å². The second-order valence-corrected chi connectivity index (χ2v) is 5.57. The summed E-state index contributed by atoms with van der Waals surface area (Å²) in [6.07, 6.45) is 2.27. The molecular formula is C17H14Cl2N2O2. The fourth-order valence-electron chi connectivity index (χ4n) is 2.02. The van der Waals surface area contributed by atoms with Gasteiger partial charge in [0.15, 0.2) is 5.78 Å². The fourth-order valence-corrected chi connectivity index (χ4v) is 2.36. The molecular weight excluding hydrogens is 335 g/mol. The molecule has 0 radical (unpaired) electrons. The average Bonchev–Trinajstić information content (AvgIpc) is 2.57. The highest BCUT2D eigenvalue weighted by Gasteiger charge is 2.20. The molecule has 6 heteroatoms. The maximum Gasteiger partial charge on any atom is 0.156 e. The normalized spacial score (nSPS) is 11.5. The van der Waals surface area contributed by atoms with Crippen LogP contribution >= 0.6 is 23.2 Å². The van der Waals surface area contributed by atoms with Crippen LogP contribution in [0.5, 0.6) is 5.75 Å². The van der Waals surface area contributed by atoms with Crippen molar-refractivity contribution in [2.75, 3.05) is 6.61 Å². The Morgan fingerprint density at radius 3 is 2.78 bits per heavy atom. The van der Waals surface area contributed by atoms with Gasteiger partial charge in [0, 0.05) is 12.6 Å². The Morgan fingerprint density at radius 2 is 2.09 bits per heavy atom. The summed E-state index contributed by atoms with van der Waals surface area (Å²) in [7, 11) is 0. The zero-order valence-corrected chi connectivity index (χ0v) is 13.7. The van der Waals surface area contributed by atoms with Gasteiger partial charge in [-0.3, -0.25) is 9.78 Å². The molecule has 0 fully saturated rings. The monoisotopic (exact) mass is 348 g/mol. The first-order chi connectivity index (χ1) is 11.1. The molecule has 2 aromatic rings. The highest BCUT2D eigenvalue weighted by Crippen LogP contribution is 2.31. The van der Waals surface area contributed by atoms with E-state index in [1.165, 1.54) is 0 Å². The lowest BCUT2D eigenvalue weighted by atomic mass is 9.98. The first-order valence-corrected chi connectivity index (χ1v) is 7.79. The summed E-state index contributed by atoms with van der Waals surface area (Å²) in [6.45, 7) is 0.312. The molecule has 0 saturated heterocycles. The number of nitrogens with zero attached hydrogens (tertiary/aromatic N) is 2. The average molecular weight is 349 g/mol. The predicted octanol–water partition coefficient (Wildman–Crippen LogP) is 4.42. The summed E-state index contributed by atoms with van der Waals surface area (Å²) >= 11 is 11.9. The van der Waals surface area contributed by atoms with Crippen molar-refractivity contribution in [2.45, 2.75) is 18.8 Å². The van der Waals surface area contributed by atoms with Gasteiger partial charge in [-0.15, -0.1) is 0 Å². The predicted molar refractivity (Wildman–Crippen MR) is 88.8 cm³/mol. The highest BCUT2D eigenvalue weighted by molar-refractivity contribution is 6.42. The van der Waals surface area contributed by atoms with Crippen LogP contribution in [0.3, 0.4) is 0 Å². The summed E-state index contributed by atoms with van der Waals surface area (Å²) in [4.78, 5) is 16.2. The zero-order chi connectivity index (χ0) is 16.7. The summed E-state index contributed by atoms with van der Waals surface area (Å²) < 4.78 is 5.52. The number of benzene rings is 1. The highest BCUT2D eigenvalue weighted by atomic mass is 35.5. The number of hydrogen-bond acceptors (Lipinski definition) is 4. The molecule has 1 atom stereocenters. The Morgan fingerprint density at radius 1 is 1.26 bits per heavy atom. The Hall–Kier alpha value is -2.09. The number of ether oxygens (including phenoxy) is 1. The molecule has 0 aliphatic heterocycles. The number of carbonyl (C=O) groups is 1. The lowest BCUT2D eigenvalue weighted by Gasteiger charge is -2.10. The minimum atomic E-state index is -0.842. The van der Waals surface area contributed by atoms with Gasteiger partial charge in [-0.25, -0.2) is 0 Å². The number of ketones is 1. The van der Waals surface area contributed by atoms with E-state index in [1.54, 1.807) is 42.6 Å². The van der Waals surface area contributed by atoms with Crippen molar-refractivity contribution < 1.29 is 9.53 Å². The number of nitriles is 1.